The lowest BCUT2D eigenvalue weighted by atomic mass is 9.86. The molecule has 1 aromatic carbocycles. The maximum absolute atomic E-state index is 12.7. The van der Waals surface area contributed by atoms with Gasteiger partial charge in [-0.3, -0.25) is 9.59 Å². The van der Waals surface area contributed by atoms with Gasteiger partial charge >= 0.3 is 11.8 Å². The first kappa shape index (κ1) is 14.5. The van der Waals surface area contributed by atoms with Gasteiger partial charge in [0.1, 0.15) is 5.82 Å². The Bertz CT molecular complexity index is 487. The molecule has 0 saturated heterocycles. The lowest BCUT2D eigenvalue weighted by Gasteiger charge is -2.29. The van der Waals surface area contributed by atoms with E-state index < -0.39 is 11.8 Å². The second-order valence-electron chi connectivity index (χ2n) is 5.30. The molecule has 5 heteroatoms. The van der Waals surface area contributed by atoms with Crippen LogP contribution < -0.4 is 10.6 Å². The fourth-order valence-electron chi connectivity index (χ4n) is 2.49. The summed E-state index contributed by atoms with van der Waals surface area (Å²) in [7, 11) is 0. The van der Waals surface area contributed by atoms with Crippen molar-refractivity contribution in [3.05, 3.63) is 30.1 Å². The van der Waals surface area contributed by atoms with Crippen molar-refractivity contribution >= 4 is 17.5 Å². The summed E-state index contributed by atoms with van der Waals surface area (Å²) >= 11 is 0. The van der Waals surface area contributed by atoms with Gasteiger partial charge in [0.15, 0.2) is 0 Å². The minimum absolute atomic E-state index is 0.0650. The Hall–Kier alpha value is -1.91. The maximum atomic E-state index is 12.7. The third kappa shape index (κ3) is 3.79. The SMILES string of the molecule is C[C@@H]1CCCC[C@H]1NC(=O)C(=O)Nc1ccc(F)cc1. The lowest BCUT2D eigenvalue weighted by molar-refractivity contribution is -0.137. The third-order valence-corrected chi connectivity index (χ3v) is 3.74. The molecule has 2 rings (SSSR count). The van der Waals surface area contributed by atoms with E-state index in [0.29, 0.717) is 11.6 Å². The van der Waals surface area contributed by atoms with E-state index in [1.54, 1.807) is 0 Å². The third-order valence-electron chi connectivity index (χ3n) is 3.74. The Balaban J connectivity index is 1.88. The predicted octanol–water partition coefficient (Wildman–Crippen LogP) is 2.46. The van der Waals surface area contributed by atoms with E-state index in [2.05, 4.69) is 17.6 Å². The van der Waals surface area contributed by atoms with Crippen LogP contribution in [0.2, 0.25) is 0 Å². The summed E-state index contributed by atoms with van der Waals surface area (Å²) in [5.41, 5.74) is 0.406. The van der Waals surface area contributed by atoms with Crippen LogP contribution in [0.15, 0.2) is 24.3 Å². The average Bonchev–Trinajstić information content (AvgIpc) is 2.44. The zero-order valence-corrected chi connectivity index (χ0v) is 11.5. The fourth-order valence-corrected chi connectivity index (χ4v) is 2.49. The molecular formula is C15H19FN2O2. The Labute approximate surface area is 117 Å². The Morgan fingerprint density at radius 3 is 2.40 bits per heavy atom. The van der Waals surface area contributed by atoms with Crippen molar-refractivity contribution in [2.45, 2.75) is 38.6 Å². The summed E-state index contributed by atoms with van der Waals surface area (Å²) in [5.74, 6) is -1.34. The predicted molar refractivity (Wildman–Crippen MR) is 74.6 cm³/mol. The number of benzene rings is 1. The molecule has 108 valence electrons. The van der Waals surface area contributed by atoms with Crippen molar-refractivity contribution in [2.75, 3.05) is 5.32 Å². The van der Waals surface area contributed by atoms with Crippen LogP contribution in [0, 0.1) is 11.7 Å². The molecule has 2 amide bonds. The van der Waals surface area contributed by atoms with E-state index >= 15 is 0 Å². The zero-order valence-electron chi connectivity index (χ0n) is 11.5. The number of nitrogens with one attached hydrogen (secondary N) is 2. The van der Waals surface area contributed by atoms with Gasteiger partial charge in [-0.1, -0.05) is 19.8 Å². The minimum atomic E-state index is -0.714. The van der Waals surface area contributed by atoms with Gasteiger partial charge in [0.05, 0.1) is 0 Å². The second kappa shape index (κ2) is 6.50. The maximum Gasteiger partial charge on any atom is 0.313 e. The quantitative estimate of drug-likeness (QED) is 0.816. The fraction of sp³-hybridized carbons (Fsp3) is 0.467. The number of rotatable bonds is 2. The number of anilines is 1. The van der Waals surface area contributed by atoms with Crippen LogP contribution in [-0.4, -0.2) is 17.9 Å². The van der Waals surface area contributed by atoms with Crippen LogP contribution in [0.4, 0.5) is 10.1 Å². The molecule has 1 fully saturated rings. The lowest BCUT2D eigenvalue weighted by Crippen LogP contribution is -2.45. The number of halogens is 1. The van der Waals surface area contributed by atoms with Crippen molar-refractivity contribution < 1.29 is 14.0 Å². The number of carbonyl (C=O) groups excluding carboxylic acids is 2. The van der Waals surface area contributed by atoms with Crippen LogP contribution in [0.25, 0.3) is 0 Å². The highest BCUT2D eigenvalue weighted by molar-refractivity contribution is 6.39. The van der Waals surface area contributed by atoms with Crippen LogP contribution in [-0.2, 0) is 9.59 Å². The van der Waals surface area contributed by atoms with Gasteiger partial charge in [0.2, 0.25) is 0 Å². The van der Waals surface area contributed by atoms with Crippen molar-refractivity contribution in [1.29, 1.82) is 0 Å². The Morgan fingerprint density at radius 1 is 1.10 bits per heavy atom. The summed E-state index contributed by atoms with van der Waals surface area (Å²) in [6.07, 6.45) is 4.24. The highest BCUT2D eigenvalue weighted by Gasteiger charge is 2.25. The topological polar surface area (TPSA) is 58.2 Å². The molecular weight excluding hydrogens is 259 g/mol. The highest BCUT2D eigenvalue weighted by Crippen LogP contribution is 2.23. The minimum Gasteiger partial charge on any atom is -0.345 e. The molecule has 2 atom stereocenters. The second-order valence-corrected chi connectivity index (χ2v) is 5.30. The molecule has 4 nitrogen and oxygen atoms in total. The summed E-state index contributed by atoms with van der Waals surface area (Å²) in [6.45, 7) is 2.09. The molecule has 1 aliphatic rings. The average molecular weight is 278 g/mol. The van der Waals surface area contributed by atoms with Gasteiger partial charge in [-0.15, -0.1) is 0 Å². The van der Waals surface area contributed by atoms with E-state index in [1.807, 2.05) is 0 Å². The van der Waals surface area contributed by atoms with Gasteiger partial charge in [-0.25, -0.2) is 4.39 Å². The molecule has 1 aliphatic carbocycles. The largest absolute Gasteiger partial charge is 0.345 e. The standard InChI is InChI=1S/C15H19FN2O2/c1-10-4-2-3-5-13(10)18-15(20)14(19)17-12-8-6-11(16)7-9-12/h6-10,13H,2-5H2,1H3,(H,17,19)(H,18,20)/t10-,13-/m1/s1. The molecule has 0 aromatic heterocycles. The highest BCUT2D eigenvalue weighted by atomic mass is 19.1. The Morgan fingerprint density at radius 2 is 1.75 bits per heavy atom. The molecule has 20 heavy (non-hydrogen) atoms. The number of hydrogen-bond acceptors (Lipinski definition) is 2. The zero-order chi connectivity index (χ0) is 14.5. The van der Waals surface area contributed by atoms with Crippen molar-refractivity contribution in [3.8, 4) is 0 Å². The molecule has 0 heterocycles. The number of hydrogen-bond donors (Lipinski definition) is 2. The summed E-state index contributed by atoms with van der Waals surface area (Å²) in [6, 6.07) is 5.37. The summed E-state index contributed by atoms with van der Waals surface area (Å²) in [4.78, 5) is 23.6. The summed E-state index contributed by atoms with van der Waals surface area (Å²) in [5, 5.41) is 5.23. The van der Waals surface area contributed by atoms with E-state index in [0.717, 1.165) is 19.3 Å². The van der Waals surface area contributed by atoms with Gasteiger partial charge in [0, 0.05) is 11.7 Å². The normalized spacial score (nSPS) is 22.1. The molecule has 0 aliphatic heterocycles. The molecule has 2 N–H and O–H groups in total. The molecule has 0 unspecified atom stereocenters. The van der Waals surface area contributed by atoms with Gasteiger partial charge < -0.3 is 10.6 Å². The molecule has 1 aromatic rings. The number of amides is 2. The summed E-state index contributed by atoms with van der Waals surface area (Å²) < 4.78 is 12.7. The van der Waals surface area contributed by atoms with Crippen molar-refractivity contribution in [2.24, 2.45) is 5.92 Å². The van der Waals surface area contributed by atoms with E-state index in [9.17, 15) is 14.0 Å². The van der Waals surface area contributed by atoms with Crippen LogP contribution in [0.1, 0.15) is 32.6 Å². The monoisotopic (exact) mass is 278 g/mol. The van der Waals surface area contributed by atoms with E-state index in [1.165, 1.54) is 30.7 Å². The molecule has 0 radical (unpaired) electrons. The first-order valence-corrected chi connectivity index (χ1v) is 6.93. The Kier molecular flexibility index (Phi) is 4.71. The van der Waals surface area contributed by atoms with E-state index in [-0.39, 0.29) is 11.9 Å². The van der Waals surface area contributed by atoms with E-state index in [4.69, 9.17) is 0 Å². The van der Waals surface area contributed by atoms with Crippen molar-refractivity contribution in [1.82, 2.24) is 5.32 Å². The molecule has 0 bridgehead atoms. The van der Waals surface area contributed by atoms with Crippen LogP contribution in [0.5, 0.6) is 0 Å². The van der Waals surface area contributed by atoms with Crippen LogP contribution >= 0.6 is 0 Å². The van der Waals surface area contributed by atoms with Gasteiger partial charge in [-0.05, 0) is 43.0 Å². The first-order chi connectivity index (χ1) is 9.56. The van der Waals surface area contributed by atoms with Gasteiger partial charge in [0.25, 0.3) is 0 Å². The number of carbonyl (C=O) groups is 2. The van der Waals surface area contributed by atoms with Crippen LogP contribution in [0.3, 0.4) is 0 Å². The van der Waals surface area contributed by atoms with Crippen molar-refractivity contribution in [3.63, 3.8) is 0 Å². The van der Waals surface area contributed by atoms with Gasteiger partial charge in [-0.2, -0.15) is 0 Å². The molecule has 0 spiro atoms. The smallest absolute Gasteiger partial charge is 0.313 e. The molecule has 1 saturated carbocycles. The first-order valence-electron chi connectivity index (χ1n) is 6.93.